The minimum absolute atomic E-state index is 0.774. The van der Waals surface area contributed by atoms with E-state index in [4.69, 9.17) is 11.6 Å². The zero-order chi connectivity index (χ0) is 12.3. The number of benzene rings is 1. The molecule has 1 aliphatic rings. The molecule has 1 fully saturated rings. The molecule has 17 heavy (non-hydrogen) atoms. The van der Waals surface area contributed by atoms with Crippen molar-refractivity contribution in [2.24, 2.45) is 0 Å². The van der Waals surface area contributed by atoms with E-state index in [9.17, 15) is 0 Å². The van der Waals surface area contributed by atoms with E-state index in [1.54, 1.807) is 0 Å². The Morgan fingerprint density at radius 3 is 2.82 bits per heavy atom. The van der Waals surface area contributed by atoms with Crippen molar-refractivity contribution in [3.63, 3.8) is 0 Å². The monoisotopic (exact) mass is 249 g/mol. The Morgan fingerprint density at radius 1 is 1.47 bits per heavy atom. The van der Waals surface area contributed by atoms with Gasteiger partial charge in [-0.05, 0) is 49.4 Å². The molecule has 1 aromatic carbocycles. The quantitative estimate of drug-likeness (QED) is 0.825. The van der Waals surface area contributed by atoms with E-state index in [1.807, 2.05) is 12.1 Å². The lowest BCUT2D eigenvalue weighted by Crippen LogP contribution is -2.18. The molecule has 2 rings (SSSR count). The second-order valence-corrected chi connectivity index (χ2v) is 5.25. The Labute approximate surface area is 109 Å². The highest BCUT2D eigenvalue weighted by molar-refractivity contribution is 6.30. The van der Waals surface area contributed by atoms with Gasteiger partial charge in [0.25, 0.3) is 0 Å². The molecule has 1 nitrogen and oxygen atoms in total. The van der Waals surface area contributed by atoms with Gasteiger partial charge in [-0.15, -0.1) is 0 Å². The number of rotatable bonds is 5. The van der Waals surface area contributed by atoms with Crippen LogP contribution in [0.3, 0.4) is 0 Å². The Morgan fingerprint density at radius 2 is 2.24 bits per heavy atom. The first-order valence-corrected chi connectivity index (χ1v) is 6.76. The molecule has 92 valence electrons. The summed E-state index contributed by atoms with van der Waals surface area (Å²) < 4.78 is 0. The van der Waals surface area contributed by atoms with Crippen molar-refractivity contribution < 1.29 is 0 Å². The molecule has 1 N–H and O–H groups in total. The Hall–Kier alpha value is -0.790. The SMILES string of the molecule is CC/C(=C/c1ccc(Cl)cc1C)CNC1CC1. The zero-order valence-corrected chi connectivity index (χ0v) is 11.3. The molecular formula is C15H20ClN. The van der Waals surface area contributed by atoms with Crippen LogP contribution in [0.25, 0.3) is 6.08 Å². The highest BCUT2D eigenvalue weighted by Crippen LogP contribution is 2.21. The lowest BCUT2D eigenvalue weighted by Gasteiger charge is -2.08. The highest BCUT2D eigenvalue weighted by Gasteiger charge is 2.20. The molecule has 1 saturated carbocycles. The Balaban J connectivity index is 2.07. The summed E-state index contributed by atoms with van der Waals surface area (Å²) >= 11 is 5.97. The van der Waals surface area contributed by atoms with Crippen LogP contribution < -0.4 is 5.32 Å². The molecule has 2 heteroatoms. The second kappa shape index (κ2) is 5.70. The molecule has 0 aromatic heterocycles. The van der Waals surface area contributed by atoms with Gasteiger partial charge in [0.05, 0.1) is 0 Å². The summed E-state index contributed by atoms with van der Waals surface area (Å²) in [5.74, 6) is 0. The lowest BCUT2D eigenvalue weighted by molar-refractivity contribution is 0.723. The summed E-state index contributed by atoms with van der Waals surface area (Å²) in [5, 5.41) is 4.38. The van der Waals surface area contributed by atoms with E-state index < -0.39 is 0 Å². The Bertz CT molecular complexity index is 419. The third-order valence-corrected chi connectivity index (χ3v) is 3.48. The van der Waals surface area contributed by atoms with Crippen molar-refractivity contribution in [3.05, 3.63) is 39.9 Å². The van der Waals surface area contributed by atoms with E-state index in [0.29, 0.717) is 0 Å². The molecule has 0 aliphatic heterocycles. The maximum atomic E-state index is 5.97. The maximum Gasteiger partial charge on any atom is 0.0409 e. The van der Waals surface area contributed by atoms with Gasteiger partial charge in [-0.2, -0.15) is 0 Å². The molecule has 0 unspecified atom stereocenters. The zero-order valence-electron chi connectivity index (χ0n) is 10.6. The summed E-state index contributed by atoms with van der Waals surface area (Å²) in [4.78, 5) is 0. The Kier molecular flexibility index (Phi) is 4.25. The van der Waals surface area contributed by atoms with Gasteiger partial charge >= 0.3 is 0 Å². The van der Waals surface area contributed by atoms with Gasteiger partial charge < -0.3 is 5.32 Å². The second-order valence-electron chi connectivity index (χ2n) is 4.81. The number of hydrogen-bond acceptors (Lipinski definition) is 1. The first-order valence-electron chi connectivity index (χ1n) is 6.38. The van der Waals surface area contributed by atoms with Crippen LogP contribution in [0.15, 0.2) is 23.8 Å². The fraction of sp³-hybridized carbons (Fsp3) is 0.467. The van der Waals surface area contributed by atoms with Crippen molar-refractivity contribution >= 4 is 17.7 Å². The summed E-state index contributed by atoms with van der Waals surface area (Å²) in [6, 6.07) is 6.86. The van der Waals surface area contributed by atoms with E-state index in [0.717, 1.165) is 24.0 Å². The van der Waals surface area contributed by atoms with Gasteiger partial charge in [-0.3, -0.25) is 0 Å². The third-order valence-electron chi connectivity index (χ3n) is 3.24. The van der Waals surface area contributed by atoms with E-state index >= 15 is 0 Å². The van der Waals surface area contributed by atoms with Crippen molar-refractivity contribution in [2.75, 3.05) is 6.54 Å². The average Bonchev–Trinajstić information content (AvgIpc) is 3.11. The molecule has 0 saturated heterocycles. The van der Waals surface area contributed by atoms with Crippen LogP contribution in [0.5, 0.6) is 0 Å². The standard InChI is InChI=1S/C15H20ClN/c1-3-12(10-17-15-6-7-15)9-13-4-5-14(16)8-11(13)2/h4-5,8-9,15,17H,3,6-7,10H2,1-2H3/b12-9-. The smallest absolute Gasteiger partial charge is 0.0409 e. The number of nitrogens with one attached hydrogen (secondary N) is 1. The largest absolute Gasteiger partial charge is 0.310 e. The first-order chi connectivity index (χ1) is 8.19. The van der Waals surface area contributed by atoms with Crippen molar-refractivity contribution in [2.45, 2.75) is 39.2 Å². The lowest BCUT2D eigenvalue weighted by atomic mass is 10.0. The van der Waals surface area contributed by atoms with Crippen LogP contribution >= 0.6 is 11.6 Å². The number of halogens is 1. The molecule has 0 bridgehead atoms. The van der Waals surface area contributed by atoms with Crippen LogP contribution in [-0.2, 0) is 0 Å². The third kappa shape index (κ3) is 3.86. The van der Waals surface area contributed by atoms with Gasteiger partial charge in [-0.25, -0.2) is 0 Å². The summed E-state index contributed by atoms with van der Waals surface area (Å²) in [7, 11) is 0. The normalized spacial score (nSPS) is 16.3. The minimum Gasteiger partial charge on any atom is -0.310 e. The predicted molar refractivity (Wildman–Crippen MR) is 75.5 cm³/mol. The van der Waals surface area contributed by atoms with Crippen molar-refractivity contribution in [1.82, 2.24) is 5.32 Å². The molecule has 0 radical (unpaired) electrons. The molecular weight excluding hydrogens is 230 g/mol. The van der Waals surface area contributed by atoms with Crippen LogP contribution in [0.2, 0.25) is 5.02 Å². The van der Waals surface area contributed by atoms with Crippen LogP contribution in [-0.4, -0.2) is 12.6 Å². The van der Waals surface area contributed by atoms with E-state index in [2.05, 4.69) is 31.3 Å². The summed E-state index contributed by atoms with van der Waals surface area (Å²) in [6.07, 6.45) is 6.08. The minimum atomic E-state index is 0.774. The number of aryl methyl sites for hydroxylation is 1. The fourth-order valence-electron chi connectivity index (χ4n) is 1.86. The average molecular weight is 250 g/mol. The fourth-order valence-corrected chi connectivity index (χ4v) is 2.09. The van der Waals surface area contributed by atoms with E-state index in [-0.39, 0.29) is 0 Å². The van der Waals surface area contributed by atoms with Crippen molar-refractivity contribution in [3.8, 4) is 0 Å². The van der Waals surface area contributed by atoms with Crippen LogP contribution in [0.1, 0.15) is 37.3 Å². The molecule has 0 heterocycles. The summed E-state index contributed by atoms with van der Waals surface area (Å²) in [6.45, 7) is 5.34. The predicted octanol–water partition coefficient (Wildman–Crippen LogP) is 4.19. The van der Waals surface area contributed by atoms with Crippen LogP contribution in [0, 0.1) is 6.92 Å². The van der Waals surface area contributed by atoms with Crippen LogP contribution in [0.4, 0.5) is 0 Å². The van der Waals surface area contributed by atoms with Crippen molar-refractivity contribution in [1.29, 1.82) is 0 Å². The first kappa shape index (κ1) is 12.7. The molecule has 0 spiro atoms. The maximum absolute atomic E-state index is 5.97. The highest BCUT2D eigenvalue weighted by atomic mass is 35.5. The summed E-state index contributed by atoms with van der Waals surface area (Å²) in [5.41, 5.74) is 3.99. The molecule has 0 amide bonds. The molecule has 0 atom stereocenters. The van der Waals surface area contributed by atoms with E-state index in [1.165, 1.54) is 29.5 Å². The van der Waals surface area contributed by atoms with Gasteiger partial charge in [0.15, 0.2) is 0 Å². The van der Waals surface area contributed by atoms with Gasteiger partial charge in [0.2, 0.25) is 0 Å². The molecule has 1 aliphatic carbocycles. The molecule has 1 aromatic rings. The van der Waals surface area contributed by atoms with Gasteiger partial charge in [-0.1, -0.05) is 36.2 Å². The topological polar surface area (TPSA) is 12.0 Å². The number of hydrogen-bond donors (Lipinski definition) is 1. The van der Waals surface area contributed by atoms with Gasteiger partial charge in [0, 0.05) is 17.6 Å². The van der Waals surface area contributed by atoms with Gasteiger partial charge in [0.1, 0.15) is 0 Å².